The minimum atomic E-state index is -1.00. The van der Waals surface area contributed by atoms with Crippen molar-refractivity contribution in [2.24, 2.45) is 0 Å². The monoisotopic (exact) mass is 268 g/mol. The Hall–Kier alpha value is -1.98. The fourth-order valence-corrected chi connectivity index (χ4v) is 1.69. The molecule has 104 valence electrons. The maximum Gasteiger partial charge on any atom is 0.304 e. The second kappa shape index (κ2) is 6.82. The first kappa shape index (κ1) is 15.1. The molecule has 6 heteroatoms. The normalized spacial score (nSPS) is 11.9. The van der Waals surface area contributed by atoms with E-state index in [1.165, 1.54) is 6.07 Å². The molecule has 0 spiro atoms. The van der Waals surface area contributed by atoms with Gasteiger partial charge in [0.1, 0.15) is 0 Å². The summed E-state index contributed by atoms with van der Waals surface area (Å²) >= 11 is 0. The Morgan fingerprint density at radius 2 is 2.21 bits per heavy atom. The lowest BCUT2D eigenvalue weighted by Crippen LogP contribution is -2.32. The van der Waals surface area contributed by atoms with Crippen molar-refractivity contribution < 1.29 is 14.1 Å². The standard InChI is InChI=1S/C13H17FN2O3/c1-3-4-5-9(2)15-13(17)10-6-7-12(16(18)19)11(14)8-10/h6-9H,3-5H2,1-2H3,(H,15,17). The molecule has 1 aromatic carbocycles. The van der Waals surface area contributed by atoms with Crippen LogP contribution in [0, 0.1) is 15.9 Å². The van der Waals surface area contributed by atoms with E-state index in [9.17, 15) is 19.3 Å². The fraction of sp³-hybridized carbons (Fsp3) is 0.462. The van der Waals surface area contributed by atoms with E-state index in [0.717, 1.165) is 31.4 Å². The molecule has 1 N–H and O–H groups in total. The van der Waals surface area contributed by atoms with Crippen molar-refractivity contribution in [3.63, 3.8) is 0 Å². The zero-order chi connectivity index (χ0) is 14.4. The van der Waals surface area contributed by atoms with Gasteiger partial charge in [0, 0.05) is 17.7 Å². The first-order valence-corrected chi connectivity index (χ1v) is 6.20. The first-order chi connectivity index (χ1) is 8.95. The smallest absolute Gasteiger partial charge is 0.304 e. The SMILES string of the molecule is CCCCC(C)NC(=O)c1ccc([N+](=O)[O-])c(F)c1. The van der Waals surface area contributed by atoms with Gasteiger partial charge in [-0.3, -0.25) is 14.9 Å². The van der Waals surface area contributed by atoms with Crippen molar-refractivity contribution in [3.8, 4) is 0 Å². The van der Waals surface area contributed by atoms with E-state index in [1.807, 2.05) is 6.92 Å². The predicted octanol–water partition coefficient (Wildman–Crippen LogP) is 3.04. The Kier molecular flexibility index (Phi) is 5.41. The Balaban J connectivity index is 2.72. The van der Waals surface area contributed by atoms with Crippen LogP contribution in [0.5, 0.6) is 0 Å². The Morgan fingerprint density at radius 1 is 1.53 bits per heavy atom. The molecule has 5 nitrogen and oxygen atoms in total. The highest BCUT2D eigenvalue weighted by Crippen LogP contribution is 2.18. The van der Waals surface area contributed by atoms with Crippen molar-refractivity contribution in [2.75, 3.05) is 0 Å². The molecule has 1 amide bonds. The highest BCUT2D eigenvalue weighted by atomic mass is 19.1. The van der Waals surface area contributed by atoms with Crippen molar-refractivity contribution in [1.82, 2.24) is 5.32 Å². The van der Waals surface area contributed by atoms with Gasteiger partial charge < -0.3 is 5.32 Å². The van der Waals surface area contributed by atoms with Crippen LogP contribution in [0.3, 0.4) is 0 Å². The summed E-state index contributed by atoms with van der Waals surface area (Å²) in [6.45, 7) is 3.93. The third-order valence-corrected chi connectivity index (χ3v) is 2.77. The van der Waals surface area contributed by atoms with E-state index < -0.39 is 22.3 Å². The molecule has 0 aliphatic rings. The summed E-state index contributed by atoms with van der Waals surface area (Å²) in [4.78, 5) is 21.4. The molecular formula is C13H17FN2O3. The summed E-state index contributed by atoms with van der Waals surface area (Å²) in [6, 6.07) is 3.13. The van der Waals surface area contributed by atoms with Gasteiger partial charge in [-0.15, -0.1) is 0 Å². The third-order valence-electron chi connectivity index (χ3n) is 2.77. The van der Waals surface area contributed by atoms with Crippen LogP contribution < -0.4 is 5.32 Å². The number of amides is 1. The van der Waals surface area contributed by atoms with Gasteiger partial charge >= 0.3 is 5.69 Å². The van der Waals surface area contributed by atoms with Gasteiger partial charge in [0.05, 0.1) is 4.92 Å². The molecule has 0 saturated heterocycles. The van der Waals surface area contributed by atoms with Crippen molar-refractivity contribution in [1.29, 1.82) is 0 Å². The predicted molar refractivity (Wildman–Crippen MR) is 69.5 cm³/mol. The molecule has 1 aromatic rings. The molecule has 1 unspecified atom stereocenters. The van der Waals surface area contributed by atoms with E-state index >= 15 is 0 Å². The first-order valence-electron chi connectivity index (χ1n) is 6.20. The molecule has 1 rings (SSSR count). The number of halogens is 1. The zero-order valence-corrected chi connectivity index (χ0v) is 11.0. The number of rotatable bonds is 6. The second-order valence-corrected chi connectivity index (χ2v) is 4.44. The summed E-state index contributed by atoms with van der Waals surface area (Å²) < 4.78 is 13.4. The average molecular weight is 268 g/mol. The summed E-state index contributed by atoms with van der Waals surface area (Å²) in [5, 5.41) is 13.2. The van der Waals surface area contributed by atoms with Gasteiger partial charge in [-0.05, 0) is 25.5 Å². The van der Waals surface area contributed by atoms with Crippen LogP contribution in [0.25, 0.3) is 0 Å². The number of benzene rings is 1. The number of nitro benzene ring substituents is 1. The topological polar surface area (TPSA) is 72.2 Å². The highest BCUT2D eigenvalue weighted by Gasteiger charge is 2.17. The minimum absolute atomic E-state index is 0.00861. The number of nitro groups is 1. The number of unbranched alkanes of at least 4 members (excludes halogenated alkanes) is 1. The average Bonchev–Trinajstić information content (AvgIpc) is 2.35. The number of nitrogens with one attached hydrogen (secondary N) is 1. The van der Waals surface area contributed by atoms with E-state index in [-0.39, 0.29) is 11.6 Å². The summed E-state index contributed by atoms with van der Waals surface area (Å²) in [5.41, 5.74) is -0.540. The van der Waals surface area contributed by atoms with Crippen molar-refractivity contribution >= 4 is 11.6 Å². The van der Waals surface area contributed by atoms with E-state index in [2.05, 4.69) is 12.2 Å². The Bertz CT molecular complexity index is 477. The quantitative estimate of drug-likeness (QED) is 0.636. The number of nitrogens with zero attached hydrogens (tertiary/aromatic N) is 1. The molecule has 1 atom stereocenters. The van der Waals surface area contributed by atoms with Gasteiger partial charge in [-0.1, -0.05) is 19.8 Å². The molecule has 0 aliphatic carbocycles. The zero-order valence-electron chi connectivity index (χ0n) is 11.0. The molecule has 0 heterocycles. The Labute approximate surface area is 111 Å². The lowest BCUT2D eigenvalue weighted by Gasteiger charge is -2.13. The molecule has 0 aliphatic heterocycles. The molecule has 0 saturated carbocycles. The van der Waals surface area contributed by atoms with Crippen LogP contribution in [0.4, 0.5) is 10.1 Å². The van der Waals surface area contributed by atoms with E-state index in [4.69, 9.17) is 0 Å². The van der Waals surface area contributed by atoms with Crippen LogP contribution in [0.2, 0.25) is 0 Å². The second-order valence-electron chi connectivity index (χ2n) is 4.44. The maximum atomic E-state index is 13.4. The number of carbonyl (C=O) groups excluding carboxylic acids is 1. The van der Waals surface area contributed by atoms with Gasteiger partial charge in [-0.2, -0.15) is 4.39 Å². The lowest BCUT2D eigenvalue weighted by atomic mass is 10.1. The van der Waals surface area contributed by atoms with Crippen molar-refractivity contribution in [3.05, 3.63) is 39.7 Å². The van der Waals surface area contributed by atoms with Crippen LogP contribution in [0.15, 0.2) is 18.2 Å². The van der Waals surface area contributed by atoms with Crippen LogP contribution in [-0.4, -0.2) is 16.9 Å². The third kappa shape index (κ3) is 4.31. The molecule has 0 bridgehead atoms. The molecule has 0 fully saturated rings. The van der Waals surface area contributed by atoms with Gasteiger partial charge in [0.2, 0.25) is 5.82 Å². The number of hydrogen-bond acceptors (Lipinski definition) is 3. The molecule has 0 radical (unpaired) electrons. The molecular weight excluding hydrogens is 251 g/mol. The van der Waals surface area contributed by atoms with Crippen LogP contribution >= 0.6 is 0 Å². The van der Waals surface area contributed by atoms with Crippen LogP contribution in [0.1, 0.15) is 43.5 Å². The lowest BCUT2D eigenvalue weighted by molar-refractivity contribution is -0.387. The molecule has 19 heavy (non-hydrogen) atoms. The summed E-state index contributed by atoms with van der Waals surface area (Å²) in [6.07, 6.45) is 2.88. The summed E-state index contributed by atoms with van der Waals surface area (Å²) in [7, 11) is 0. The van der Waals surface area contributed by atoms with Gasteiger partial charge in [0.25, 0.3) is 5.91 Å². The Morgan fingerprint density at radius 3 is 2.74 bits per heavy atom. The molecule has 0 aromatic heterocycles. The number of carbonyl (C=O) groups is 1. The van der Waals surface area contributed by atoms with Gasteiger partial charge in [0.15, 0.2) is 0 Å². The highest BCUT2D eigenvalue weighted by molar-refractivity contribution is 5.94. The maximum absolute atomic E-state index is 13.4. The van der Waals surface area contributed by atoms with E-state index in [0.29, 0.717) is 0 Å². The summed E-state index contributed by atoms with van der Waals surface area (Å²) in [5.74, 6) is -1.42. The fourth-order valence-electron chi connectivity index (χ4n) is 1.69. The van der Waals surface area contributed by atoms with E-state index in [1.54, 1.807) is 0 Å². The number of hydrogen-bond donors (Lipinski definition) is 1. The van der Waals surface area contributed by atoms with Crippen LogP contribution in [-0.2, 0) is 0 Å². The largest absolute Gasteiger partial charge is 0.350 e. The minimum Gasteiger partial charge on any atom is -0.350 e. The van der Waals surface area contributed by atoms with Gasteiger partial charge in [-0.25, -0.2) is 0 Å². The van der Waals surface area contributed by atoms with Crippen molar-refractivity contribution in [2.45, 2.75) is 39.2 Å².